The van der Waals surface area contributed by atoms with E-state index in [0.29, 0.717) is 6.61 Å². The van der Waals surface area contributed by atoms with Crippen LogP contribution in [0.2, 0.25) is 0 Å². The summed E-state index contributed by atoms with van der Waals surface area (Å²) in [6.45, 7) is 4.14. The van der Waals surface area contributed by atoms with Crippen molar-refractivity contribution in [2.45, 2.75) is 24.8 Å². The zero-order valence-electron chi connectivity index (χ0n) is 11.8. The van der Waals surface area contributed by atoms with Gasteiger partial charge in [0.25, 0.3) is 0 Å². The number of ether oxygens (including phenoxy) is 2. The van der Waals surface area contributed by atoms with Gasteiger partial charge in [0.05, 0.1) is 19.5 Å². The molecule has 110 valence electrons. The minimum absolute atomic E-state index is 0.207. The molecule has 1 amide bonds. The van der Waals surface area contributed by atoms with Crippen LogP contribution >= 0.6 is 11.8 Å². The van der Waals surface area contributed by atoms with Crippen LogP contribution in [0.1, 0.15) is 13.8 Å². The van der Waals surface area contributed by atoms with Crippen LogP contribution in [0.5, 0.6) is 5.75 Å². The average molecular weight is 297 g/mol. The Hall–Kier alpha value is -1.69. The highest BCUT2D eigenvalue weighted by Crippen LogP contribution is 2.21. The fraction of sp³-hybridized carbons (Fsp3) is 0.429. The molecule has 1 N–H and O–H groups in total. The van der Waals surface area contributed by atoms with Gasteiger partial charge in [0, 0.05) is 4.90 Å². The number of carbonyl (C=O) groups is 2. The molecule has 6 heteroatoms. The standard InChI is InChI=1S/C14H19NO4S/c1-4-19-11-5-7-12(8-6-11)20-9-13(16)15-10(2)14(17)18-3/h5-8,10H,4,9H2,1-3H3,(H,15,16). The Balaban J connectivity index is 2.38. The van der Waals surface area contributed by atoms with Crippen LogP contribution in [0.3, 0.4) is 0 Å². The third-order valence-corrected chi connectivity index (χ3v) is 3.45. The van der Waals surface area contributed by atoms with Crippen molar-refractivity contribution < 1.29 is 19.1 Å². The van der Waals surface area contributed by atoms with Crippen LogP contribution in [0.4, 0.5) is 0 Å². The smallest absolute Gasteiger partial charge is 0.328 e. The first-order valence-corrected chi connectivity index (χ1v) is 7.28. The summed E-state index contributed by atoms with van der Waals surface area (Å²) in [5, 5.41) is 2.57. The number of methoxy groups -OCH3 is 1. The van der Waals surface area contributed by atoms with Gasteiger partial charge in [-0.3, -0.25) is 4.79 Å². The lowest BCUT2D eigenvalue weighted by Crippen LogP contribution is -2.40. The molecular weight excluding hydrogens is 278 g/mol. The van der Waals surface area contributed by atoms with E-state index in [1.54, 1.807) is 6.92 Å². The molecule has 0 saturated heterocycles. The molecule has 0 aliphatic heterocycles. The van der Waals surface area contributed by atoms with Crippen molar-refractivity contribution in [3.8, 4) is 5.75 Å². The van der Waals surface area contributed by atoms with E-state index in [1.807, 2.05) is 31.2 Å². The van der Waals surface area contributed by atoms with E-state index in [-0.39, 0.29) is 11.7 Å². The number of hydrogen-bond acceptors (Lipinski definition) is 5. The maximum Gasteiger partial charge on any atom is 0.328 e. The fourth-order valence-corrected chi connectivity index (χ4v) is 2.18. The number of benzene rings is 1. The van der Waals surface area contributed by atoms with E-state index in [2.05, 4.69) is 10.1 Å². The van der Waals surface area contributed by atoms with Crippen LogP contribution in [0.25, 0.3) is 0 Å². The quantitative estimate of drug-likeness (QED) is 0.614. The highest BCUT2D eigenvalue weighted by Gasteiger charge is 2.15. The van der Waals surface area contributed by atoms with Gasteiger partial charge in [-0.15, -0.1) is 11.8 Å². The minimum Gasteiger partial charge on any atom is -0.494 e. The Kier molecular flexibility index (Phi) is 6.93. The average Bonchev–Trinajstić information content (AvgIpc) is 2.46. The summed E-state index contributed by atoms with van der Waals surface area (Å²) in [7, 11) is 1.29. The summed E-state index contributed by atoms with van der Waals surface area (Å²) in [5.74, 6) is 0.391. The lowest BCUT2D eigenvalue weighted by molar-refractivity contribution is -0.144. The summed E-state index contributed by atoms with van der Waals surface area (Å²) in [4.78, 5) is 23.8. The first kappa shape index (κ1) is 16.4. The Morgan fingerprint density at radius 1 is 1.30 bits per heavy atom. The number of nitrogens with one attached hydrogen (secondary N) is 1. The second-order valence-corrected chi connectivity index (χ2v) is 5.05. The van der Waals surface area contributed by atoms with Crippen LogP contribution in [-0.4, -0.2) is 37.4 Å². The van der Waals surface area contributed by atoms with Crippen LogP contribution in [-0.2, 0) is 14.3 Å². The number of amides is 1. The van der Waals surface area contributed by atoms with E-state index in [1.165, 1.54) is 18.9 Å². The molecule has 0 aliphatic rings. The first-order valence-electron chi connectivity index (χ1n) is 6.29. The molecule has 5 nitrogen and oxygen atoms in total. The third kappa shape index (κ3) is 5.52. The normalized spacial score (nSPS) is 11.6. The Bertz CT molecular complexity index is 447. The predicted octanol–water partition coefficient (Wildman–Crippen LogP) is 1.86. The van der Waals surface area contributed by atoms with Crippen LogP contribution in [0.15, 0.2) is 29.2 Å². The number of esters is 1. The van der Waals surface area contributed by atoms with E-state index < -0.39 is 12.0 Å². The largest absolute Gasteiger partial charge is 0.494 e. The van der Waals surface area contributed by atoms with Gasteiger partial charge in [-0.1, -0.05) is 0 Å². The SMILES string of the molecule is CCOc1ccc(SCC(=O)NC(C)C(=O)OC)cc1. The minimum atomic E-state index is -0.631. The maximum atomic E-state index is 11.7. The van der Waals surface area contributed by atoms with Gasteiger partial charge in [0.15, 0.2) is 0 Å². The summed E-state index contributed by atoms with van der Waals surface area (Å²) >= 11 is 1.40. The Morgan fingerprint density at radius 3 is 2.50 bits per heavy atom. The lowest BCUT2D eigenvalue weighted by atomic mass is 10.3. The van der Waals surface area contributed by atoms with Gasteiger partial charge in [0.2, 0.25) is 5.91 Å². The number of rotatable bonds is 7. The van der Waals surface area contributed by atoms with E-state index in [0.717, 1.165) is 10.6 Å². The molecule has 0 heterocycles. The summed E-state index contributed by atoms with van der Waals surface area (Å²) in [6, 6.07) is 6.88. The summed E-state index contributed by atoms with van der Waals surface area (Å²) < 4.78 is 9.88. The zero-order chi connectivity index (χ0) is 15.0. The van der Waals surface area contributed by atoms with Crippen molar-refractivity contribution in [2.24, 2.45) is 0 Å². The van der Waals surface area contributed by atoms with Gasteiger partial charge in [-0.2, -0.15) is 0 Å². The molecule has 0 spiro atoms. The van der Waals surface area contributed by atoms with Crippen molar-refractivity contribution in [3.05, 3.63) is 24.3 Å². The zero-order valence-corrected chi connectivity index (χ0v) is 12.7. The molecule has 1 aromatic rings. The second-order valence-electron chi connectivity index (χ2n) is 4.01. The van der Waals surface area contributed by atoms with Gasteiger partial charge < -0.3 is 14.8 Å². The fourth-order valence-electron chi connectivity index (χ4n) is 1.47. The molecule has 0 fully saturated rings. The number of hydrogen-bond donors (Lipinski definition) is 1. The highest BCUT2D eigenvalue weighted by atomic mass is 32.2. The van der Waals surface area contributed by atoms with E-state index in [4.69, 9.17) is 4.74 Å². The molecule has 0 bridgehead atoms. The second kappa shape index (κ2) is 8.47. The van der Waals surface area contributed by atoms with Gasteiger partial charge >= 0.3 is 5.97 Å². The first-order chi connectivity index (χ1) is 9.56. The summed E-state index contributed by atoms with van der Waals surface area (Å²) in [6.07, 6.45) is 0. The number of carbonyl (C=O) groups excluding carboxylic acids is 2. The van der Waals surface area contributed by atoms with Gasteiger partial charge in [-0.05, 0) is 38.1 Å². The third-order valence-electron chi connectivity index (χ3n) is 2.44. The van der Waals surface area contributed by atoms with E-state index in [9.17, 15) is 9.59 Å². The monoisotopic (exact) mass is 297 g/mol. The Labute approximate surface area is 123 Å². The molecule has 0 aliphatic carbocycles. The predicted molar refractivity (Wildman–Crippen MR) is 78.0 cm³/mol. The van der Waals surface area contributed by atoms with Crippen molar-refractivity contribution in [1.82, 2.24) is 5.32 Å². The topological polar surface area (TPSA) is 64.6 Å². The van der Waals surface area contributed by atoms with Gasteiger partial charge in [-0.25, -0.2) is 4.79 Å². The molecular formula is C14H19NO4S. The van der Waals surface area contributed by atoms with Crippen LogP contribution in [0, 0.1) is 0 Å². The van der Waals surface area contributed by atoms with E-state index >= 15 is 0 Å². The van der Waals surface area contributed by atoms with Crippen molar-refractivity contribution in [1.29, 1.82) is 0 Å². The van der Waals surface area contributed by atoms with Crippen molar-refractivity contribution in [3.63, 3.8) is 0 Å². The lowest BCUT2D eigenvalue weighted by Gasteiger charge is -2.11. The van der Waals surface area contributed by atoms with Crippen molar-refractivity contribution in [2.75, 3.05) is 19.5 Å². The molecule has 1 atom stereocenters. The Morgan fingerprint density at radius 2 is 1.95 bits per heavy atom. The highest BCUT2D eigenvalue weighted by molar-refractivity contribution is 8.00. The van der Waals surface area contributed by atoms with Gasteiger partial charge in [0.1, 0.15) is 11.8 Å². The van der Waals surface area contributed by atoms with Crippen molar-refractivity contribution >= 4 is 23.6 Å². The molecule has 0 saturated carbocycles. The molecule has 0 radical (unpaired) electrons. The molecule has 1 aromatic carbocycles. The molecule has 0 aromatic heterocycles. The molecule has 1 rings (SSSR count). The number of thioether (sulfide) groups is 1. The van der Waals surface area contributed by atoms with Crippen LogP contribution < -0.4 is 10.1 Å². The molecule has 1 unspecified atom stereocenters. The molecule has 20 heavy (non-hydrogen) atoms. The summed E-state index contributed by atoms with van der Waals surface area (Å²) in [5.41, 5.74) is 0. The maximum absolute atomic E-state index is 11.7.